The molecule has 2 aromatic carbocycles. The molecule has 0 fully saturated rings. The molecule has 0 radical (unpaired) electrons. The largest absolute Gasteiger partial charge is 0.379 e. The monoisotopic (exact) mass is 374 g/mol. The van der Waals surface area contributed by atoms with Gasteiger partial charge in [-0.3, -0.25) is 4.79 Å². The van der Waals surface area contributed by atoms with Crippen LogP contribution in [0.3, 0.4) is 0 Å². The molecule has 7 heteroatoms. The van der Waals surface area contributed by atoms with Crippen LogP contribution in [0.5, 0.6) is 5.75 Å². The van der Waals surface area contributed by atoms with E-state index in [9.17, 15) is 13.2 Å². The van der Waals surface area contributed by atoms with Crippen LogP contribution in [0.25, 0.3) is 0 Å². The molecule has 0 unspecified atom stereocenters. The standard InChI is InChI=1S/C19H22N2O4S/c1-3-4-5-19(22)21-20-14-16-8-10-17(11-9-16)25-26(23,24)18-12-6-15(2)7-13-18/h6-14H,3-5H2,1-2H3,(H,21,22)/b20-14-. The third kappa shape index (κ3) is 6.00. The van der Waals surface area contributed by atoms with Crippen LogP contribution in [0.4, 0.5) is 0 Å². The highest BCUT2D eigenvalue weighted by Crippen LogP contribution is 2.19. The topological polar surface area (TPSA) is 84.8 Å². The lowest BCUT2D eigenvalue weighted by Crippen LogP contribution is -2.16. The van der Waals surface area contributed by atoms with Gasteiger partial charge < -0.3 is 4.18 Å². The van der Waals surface area contributed by atoms with Crippen LogP contribution in [-0.4, -0.2) is 20.5 Å². The molecule has 0 atom stereocenters. The molecule has 0 heterocycles. The number of nitrogens with one attached hydrogen (secondary N) is 1. The summed E-state index contributed by atoms with van der Waals surface area (Å²) in [6.45, 7) is 3.89. The lowest BCUT2D eigenvalue weighted by atomic mass is 10.2. The van der Waals surface area contributed by atoms with Crippen molar-refractivity contribution in [2.24, 2.45) is 5.10 Å². The number of aryl methyl sites for hydroxylation is 1. The van der Waals surface area contributed by atoms with Crippen LogP contribution >= 0.6 is 0 Å². The number of unbranched alkanes of at least 4 members (excludes halogenated alkanes) is 1. The van der Waals surface area contributed by atoms with Crippen molar-refractivity contribution in [3.05, 3.63) is 59.7 Å². The molecule has 1 N–H and O–H groups in total. The highest BCUT2D eigenvalue weighted by atomic mass is 32.2. The highest BCUT2D eigenvalue weighted by Gasteiger charge is 2.16. The van der Waals surface area contributed by atoms with Crippen molar-refractivity contribution in [1.29, 1.82) is 0 Å². The Labute approximate surface area is 154 Å². The molecular formula is C19H22N2O4S. The fourth-order valence-corrected chi connectivity index (χ4v) is 2.99. The van der Waals surface area contributed by atoms with E-state index in [1.807, 2.05) is 13.8 Å². The van der Waals surface area contributed by atoms with Gasteiger partial charge in [0.15, 0.2) is 0 Å². The number of hydrogen-bond acceptors (Lipinski definition) is 5. The second kappa shape index (κ2) is 9.15. The van der Waals surface area contributed by atoms with Gasteiger partial charge in [-0.25, -0.2) is 5.43 Å². The maximum Gasteiger partial charge on any atom is 0.339 e. The normalized spacial score (nSPS) is 11.5. The molecule has 0 aliphatic carbocycles. The number of amides is 1. The van der Waals surface area contributed by atoms with Gasteiger partial charge in [-0.05, 0) is 55.3 Å². The van der Waals surface area contributed by atoms with Crippen LogP contribution in [0.2, 0.25) is 0 Å². The van der Waals surface area contributed by atoms with E-state index in [0.29, 0.717) is 12.0 Å². The Morgan fingerprint density at radius 2 is 1.77 bits per heavy atom. The van der Waals surface area contributed by atoms with E-state index in [1.165, 1.54) is 30.5 Å². The smallest absolute Gasteiger partial charge is 0.339 e. The lowest BCUT2D eigenvalue weighted by molar-refractivity contribution is -0.121. The Kier molecular flexibility index (Phi) is 6.91. The summed E-state index contributed by atoms with van der Waals surface area (Å²) in [5.41, 5.74) is 4.12. The Morgan fingerprint density at radius 1 is 1.12 bits per heavy atom. The second-order valence-corrected chi connectivity index (χ2v) is 7.36. The first-order chi connectivity index (χ1) is 12.4. The van der Waals surface area contributed by atoms with Crippen molar-refractivity contribution in [3.8, 4) is 5.75 Å². The average molecular weight is 374 g/mol. The summed E-state index contributed by atoms with van der Waals surface area (Å²) >= 11 is 0. The minimum atomic E-state index is -3.87. The number of hydrazone groups is 1. The Morgan fingerprint density at radius 3 is 2.38 bits per heavy atom. The van der Waals surface area contributed by atoms with Crippen molar-refractivity contribution in [1.82, 2.24) is 5.43 Å². The van der Waals surface area contributed by atoms with Crippen molar-refractivity contribution in [2.45, 2.75) is 38.0 Å². The molecule has 2 rings (SSSR count). The molecule has 0 saturated carbocycles. The summed E-state index contributed by atoms with van der Waals surface area (Å²) in [4.78, 5) is 11.5. The Bertz CT molecular complexity index is 857. The minimum Gasteiger partial charge on any atom is -0.379 e. The van der Waals surface area contributed by atoms with E-state index in [2.05, 4.69) is 10.5 Å². The molecule has 0 aliphatic heterocycles. The third-order valence-electron chi connectivity index (χ3n) is 3.56. The number of benzene rings is 2. The highest BCUT2D eigenvalue weighted by molar-refractivity contribution is 7.87. The molecule has 0 spiro atoms. The SMILES string of the molecule is CCCCC(=O)N/N=C\c1ccc(OS(=O)(=O)c2ccc(C)cc2)cc1. The maximum absolute atomic E-state index is 12.2. The summed E-state index contributed by atoms with van der Waals surface area (Å²) < 4.78 is 29.6. The summed E-state index contributed by atoms with van der Waals surface area (Å²) in [6.07, 6.45) is 3.70. The lowest BCUT2D eigenvalue weighted by Gasteiger charge is -2.07. The van der Waals surface area contributed by atoms with Gasteiger partial charge in [0, 0.05) is 6.42 Å². The molecule has 26 heavy (non-hydrogen) atoms. The van der Waals surface area contributed by atoms with Crippen LogP contribution in [0, 0.1) is 6.92 Å². The van der Waals surface area contributed by atoms with Gasteiger partial charge in [-0.15, -0.1) is 0 Å². The van der Waals surface area contributed by atoms with Gasteiger partial charge in [0.2, 0.25) is 5.91 Å². The third-order valence-corrected chi connectivity index (χ3v) is 4.82. The Hall–Kier alpha value is -2.67. The summed E-state index contributed by atoms with van der Waals surface area (Å²) in [5.74, 6) is 0.0713. The number of carbonyl (C=O) groups is 1. The van der Waals surface area contributed by atoms with E-state index >= 15 is 0 Å². The zero-order valence-electron chi connectivity index (χ0n) is 14.8. The van der Waals surface area contributed by atoms with Crippen LogP contribution in [0.15, 0.2) is 58.5 Å². The van der Waals surface area contributed by atoms with Gasteiger partial charge in [0.05, 0.1) is 6.21 Å². The maximum atomic E-state index is 12.2. The van der Waals surface area contributed by atoms with E-state index < -0.39 is 10.1 Å². The zero-order chi connectivity index (χ0) is 19.0. The first kappa shape index (κ1) is 19.7. The number of rotatable bonds is 8. The van der Waals surface area contributed by atoms with Crippen molar-refractivity contribution >= 4 is 22.2 Å². The summed E-state index contributed by atoms with van der Waals surface area (Å²) in [5, 5.41) is 3.87. The quantitative estimate of drug-likeness (QED) is 0.436. The molecule has 2 aromatic rings. The number of hydrogen-bond donors (Lipinski definition) is 1. The van der Waals surface area contributed by atoms with Crippen LogP contribution in [0.1, 0.15) is 37.3 Å². The fourth-order valence-electron chi connectivity index (χ4n) is 2.06. The average Bonchev–Trinajstić information content (AvgIpc) is 2.61. The van der Waals surface area contributed by atoms with Crippen LogP contribution < -0.4 is 9.61 Å². The fraction of sp³-hybridized carbons (Fsp3) is 0.263. The summed E-state index contributed by atoms with van der Waals surface area (Å²) in [7, 11) is -3.87. The predicted octanol–water partition coefficient (Wildman–Crippen LogP) is 3.40. The van der Waals surface area contributed by atoms with Crippen molar-refractivity contribution in [2.75, 3.05) is 0 Å². The molecule has 6 nitrogen and oxygen atoms in total. The van der Waals surface area contributed by atoms with Crippen LogP contribution in [-0.2, 0) is 14.9 Å². The minimum absolute atomic E-state index is 0.100. The van der Waals surface area contributed by atoms with Gasteiger partial charge >= 0.3 is 10.1 Å². The van der Waals surface area contributed by atoms with Gasteiger partial charge in [0.1, 0.15) is 10.6 Å². The van der Waals surface area contributed by atoms with E-state index in [-0.39, 0.29) is 16.6 Å². The van der Waals surface area contributed by atoms with Gasteiger partial charge in [-0.2, -0.15) is 13.5 Å². The van der Waals surface area contributed by atoms with Gasteiger partial charge in [0.25, 0.3) is 0 Å². The molecule has 0 aromatic heterocycles. The van der Waals surface area contributed by atoms with E-state index in [1.54, 1.807) is 24.3 Å². The van der Waals surface area contributed by atoms with Crippen molar-refractivity contribution in [3.63, 3.8) is 0 Å². The second-order valence-electron chi connectivity index (χ2n) is 5.82. The predicted molar refractivity (Wildman–Crippen MR) is 101 cm³/mol. The first-order valence-electron chi connectivity index (χ1n) is 8.34. The van der Waals surface area contributed by atoms with Crippen molar-refractivity contribution < 1.29 is 17.4 Å². The first-order valence-corrected chi connectivity index (χ1v) is 9.74. The Balaban J connectivity index is 1.96. The molecule has 138 valence electrons. The molecule has 0 aliphatic rings. The molecular weight excluding hydrogens is 352 g/mol. The number of nitrogens with zero attached hydrogens (tertiary/aromatic N) is 1. The van der Waals surface area contributed by atoms with Gasteiger partial charge in [-0.1, -0.05) is 31.0 Å². The van der Waals surface area contributed by atoms with E-state index in [4.69, 9.17) is 4.18 Å². The zero-order valence-corrected chi connectivity index (χ0v) is 15.6. The molecule has 1 amide bonds. The van der Waals surface area contributed by atoms with E-state index in [0.717, 1.165) is 18.4 Å². The molecule has 0 bridgehead atoms. The number of carbonyl (C=O) groups excluding carboxylic acids is 1. The summed E-state index contributed by atoms with van der Waals surface area (Å²) in [6, 6.07) is 12.8. The molecule has 0 saturated heterocycles.